The Bertz CT molecular complexity index is 1790. The van der Waals surface area contributed by atoms with Gasteiger partial charge in [-0.2, -0.15) is 5.10 Å². The number of benzene rings is 4. The molecule has 0 spiro atoms. The molecule has 1 atom stereocenters. The predicted molar refractivity (Wildman–Crippen MR) is 161 cm³/mol. The second kappa shape index (κ2) is 9.70. The van der Waals surface area contributed by atoms with Crippen LogP contribution in [0.2, 0.25) is 5.02 Å². The van der Waals surface area contributed by atoms with E-state index in [1.54, 1.807) is 7.11 Å². The minimum Gasteiger partial charge on any atom is -0.495 e. The summed E-state index contributed by atoms with van der Waals surface area (Å²) in [5.74, 6) is 2.79. The topological polar surface area (TPSA) is 67.0 Å². The van der Waals surface area contributed by atoms with Gasteiger partial charge in [-0.15, -0.1) is 0 Å². The number of aromatic nitrogens is 2. The normalized spacial score (nSPS) is 15.4. The number of rotatable bonds is 4. The Morgan fingerprint density at radius 3 is 2.35 bits per heavy atom. The minimum absolute atomic E-state index is 0.219. The Hall–Kier alpha value is -4.88. The molecule has 3 heterocycles. The van der Waals surface area contributed by atoms with E-state index in [1.807, 2.05) is 96.5 Å². The van der Waals surface area contributed by atoms with Gasteiger partial charge in [-0.25, -0.2) is 14.7 Å². The van der Waals surface area contributed by atoms with Crippen LogP contribution < -0.4 is 15.0 Å². The van der Waals surface area contributed by atoms with Gasteiger partial charge >= 0.3 is 0 Å². The number of fused-ring (bicyclic) bond motifs is 4. The van der Waals surface area contributed by atoms with Crippen molar-refractivity contribution in [1.29, 1.82) is 0 Å². The highest BCUT2D eigenvalue weighted by Gasteiger charge is 2.41. The van der Waals surface area contributed by atoms with Gasteiger partial charge in [-0.1, -0.05) is 66.2 Å². The van der Waals surface area contributed by atoms with Crippen LogP contribution in [-0.2, 0) is 0 Å². The number of aryl methyl sites for hydroxylation is 1. The van der Waals surface area contributed by atoms with E-state index in [1.165, 1.54) is 0 Å². The van der Waals surface area contributed by atoms with Gasteiger partial charge < -0.3 is 15.0 Å². The zero-order valence-electron chi connectivity index (χ0n) is 21.9. The van der Waals surface area contributed by atoms with Gasteiger partial charge in [0.2, 0.25) is 0 Å². The van der Waals surface area contributed by atoms with Crippen LogP contribution >= 0.6 is 11.6 Å². The highest BCUT2D eigenvalue weighted by molar-refractivity contribution is 6.51. The number of hydrogen-bond acceptors (Lipinski definition) is 6. The number of anilines is 2. The molecule has 7 nitrogen and oxygen atoms in total. The summed E-state index contributed by atoms with van der Waals surface area (Å²) in [7, 11) is 1.66. The third-order valence-electron chi connectivity index (χ3n) is 7.18. The fourth-order valence-corrected chi connectivity index (χ4v) is 5.51. The molecule has 196 valence electrons. The Balaban J connectivity index is 1.50. The fraction of sp³-hybridized carbons (Fsp3) is 0.0938. The molecule has 4 aromatic carbocycles. The monoisotopic (exact) mass is 544 g/mol. The van der Waals surface area contributed by atoms with Crippen molar-refractivity contribution in [3.63, 3.8) is 0 Å². The zero-order chi connectivity index (χ0) is 27.2. The average Bonchev–Trinajstić information content (AvgIpc) is 3.33. The number of ether oxygens (including phenoxy) is 1. The van der Waals surface area contributed by atoms with Crippen LogP contribution in [0.4, 0.5) is 22.9 Å². The smallest absolute Gasteiger partial charge is 0.179 e. The lowest BCUT2D eigenvalue weighted by Gasteiger charge is -2.40. The molecule has 2 aliphatic heterocycles. The molecule has 8 heteroatoms. The lowest BCUT2D eigenvalue weighted by molar-refractivity contribution is 0.417. The summed E-state index contributed by atoms with van der Waals surface area (Å²) in [6.07, 6.45) is 0. The summed E-state index contributed by atoms with van der Waals surface area (Å²) < 4.78 is 7.55. The van der Waals surface area contributed by atoms with Crippen molar-refractivity contribution in [2.24, 2.45) is 9.98 Å². The molecule has 0 aliphatic carbocycles. The second-order valence-electron chi connectivity index (χ2n) is 9.60. The number of hydrogen-bond donors (Lipinski definition) is 1. The maximum Gasteiger partial charge on any atom is 0.179 e. The second-order valence-corrected chi connectivity index (χ2v) is 10.0. The van der Waals surface area contributed by atoms with E-state index in [4.69, 9.17) is 31.4 Å². The van der Waals surface area contributed by atoms with E-state index in [9.17, 15) is 0 Å². The van der Waals surface area contributed by atoms with E-state index < -0.39 is 0 Å². The SMILES string of the molecule is COc1ccccc1NC1=Nc2ccccc2N2C1=Nc1c(c(C)nn1-c1ccccc1)[C@@H]2c1ccc(Cl)cc1. The van der Waals surface area contributed by atoms with Crippen LogP contribution in [0.5, 0.6) is 5.75 Å². The van der Waals surface area contributed by atoms with E-state index >= 15 is 0 Å². The van der Waals surface area contributed by atoms with Gasteiger partial charge in [0.25, 0.3) is 0 Å². The number of nitrogens with zero attached hydrogens (tertiary/aromatic N) is 5. The predicted octanol–water partition coefficient (Wildman–Crippen LogP) is 7.64. The van der Waals surface area contributed by atoms with Crippen LogP contribution in [0.1, 0.15) is 22.9 Å². The quantitative estimate of drug-likeness (QED) is 0.252. The molecule has 0 amide bonds. The van der Waals surface area contributed by atoms with E-state index in [-0.39, 0.29) is 6.04 Å². The fourth-order valence-electron chi connectivity index (χ4n) is 5.38. The van der Waals surface area contributed by atoms with Gasteiger partial charge in [-0.05, 0) is 61.0 Å². The van der Waals surface area contributed by atoms with Gasteiger partial charge in [0, 0.05) is 10.6 Å². The first kappa shape index (κ1) is 24.2. The first-order valence-electron chi connectivity index (χ1n) is 13.0. The number of aliphatic imine (C=N–C) groups is 2. The van der Waals surface area contributed by atoms with Crippen LogP contribution in [0, 0.1) is 6.92 Å². The number of amidine groups is 2. The van der Waals surface area contributed by atoms with Crippen LogP contribution in [0.15, 0.2) is 113 Å². The maximum absolute atomic E-state index is 6.33. The van der Waals surface area contributed by atoms with Gasteiger partial charge in [-0.3, -0.25) is 0 Å². The van der Waals surface area contributed by atoms with Crippen LogP contribution in [0.3, 0.4) is 0 Å². The van der Waals surface area contributed by atoms with Crippen LogP contribution in [-0.4, -0.2) is 28.6 Å². The standard InChI is InChI=1S/C32H25ClN6O/c1-20-28-29(21-16-18-22(33)19-17-21)38-26-14-8-6-12-24(26)34-30(35-25-13-7-9-15-27(25)40-2)32(38)36-31(28)39(37-20)23-10-4-3-5-11-23/h3-19,29H,1-2H3,(H,34,35)/t29-/m0/s1. The summed E-state index contributed by atoms with van der Waals surface area (Å²) in [6.45, 7) is 2.04. The van der Waals surface area contributed by atoms with Crippen molar-refractivity contribution in [3.05, 3.63) is 125 Å². The highest BCUT2D eigenvalue weighted by Crippen LogP contribution is 2.48. The van der Waals surface area contributed by atoms with Crippen LogP contribution in [0.25, 0.3) is 5.69 Å². The third kappa shape index (κ3) is 3.94. The van der Waals surface area contributed by atoms with Crippen molar-refractivity contribution in [1.82, 2.24) is 9.78 Å². The Kier molecular flexibility index (Phi) is 5.86. The first-order chi connectivity index (χ1) is 19.6. The molecule has 0 saturated carbocycles. The molecule has 5 aromatic rings. The summed E-state index contributed by atoms with van der Waals surface area (Å²) >= 11 is 6.33. The number of halogens is 1. The van der Waals surface area contributed by atoms with Crippen molar-refractivity contribution < 1.29 is 4.74 Å². The lowest BCUT2D eigenvalue weighted by atomic mass is 9.93. The molecular formula is C32H25ClN6O. The molecule has 0 saturated heterocycles. The molecule has 40 heavy (non-hydrogen) atoms. The molecule has 0 radical (unpaired) electrons. The molecule has 7 rings (SSSR count). The van der Waals surface area contributed by atoms with Gasteiger partial charge in [0.15, 0.2) is 17.5 Å². The van der Waals surface area contributed by atoms with E-state index in [2.05, 4.69) is 28.4 Å². The molecule has 0 fully saturated rings. The largest absolute Gasteiger partial charge is 0.495 e. The molecule has 1 aromatic heterocycles. The Morgan fingerprint density at radius 2 is 1.55 bits per heavy atom. The minimum atomic E-state index is -0.219. The Labute approximate surface area is 237 Å². The molecule has 1 N–H and O–H groups in total. The third-order valence-corrected chi connectivity index (χ3v) is 7.44. The number of para-hydroxylation sites is 5. The van der Waals surface area contributed by atoms with Crippen molar-refractivity contribution in [3.8, 4) is 11.4 Å². The molecule has 2 aliphatic rings. The summed E-state index contributed by atoms with van der Waals surface area (Å²) in [6, 6.07) is 33.8. The summed E-state index contributed by atoms with van der Waals surface area (Å²) in [5, 5.41) is 9.19. The number of methoxy groups -OCH3 is 1. The average molecular weight is 545 g/mol. The molecular weight excluding hydrogens is 520 g/mol. The van der Waals surface area contributed by atoms with Crippen molar-refractivity contribution in [2.75, 3.05) is 17.3 Å². The van der Waals surface area contributed by atoms with Gasteiger partial charge in [0.05, 0.1) is 41.6 Å². The zero-order valence-corrected chi connectivity index (χ0v) is 22.7. The van der Waals surface area contributed by atoms with Crippen molar-refractivity contribution in [2.45, 2.75) is 13.0 Å². The molecule has 0 unspecified atom stereocenters. The van der Waals surface area contributed by atoms with E-state index in [0.29, 0.717) is 22.4 Å². The molecule has 0 bridgehead atoms. The summed E-state index contributed by atoms with van der Waals surface area (Å²) in [5.41, 5.74) is 6.55. The lowest BCUT2D eigenvalue weighted by Crippen LogP contribution is -2.46. The van der Waals surface area contributed by atoms with Gasteiger partial charge in [0.1, 0.15) is 5.75 Å². The maximum atomic E-state index is 6.33. The number of nitrogens with one attached hydrogen (secondary N) is 1. The highest BCUT2D eigenvalue weighted by atomic mass is 35.5. The summed E-state index contributed by atoms with van der Waals surface area (Å²) in [4.78, 5) is 12.6. The van der Waals surface area contributed by atoms with E-state index in [0.717, 1.165) is 45.4 Å². The first-order valence-corrected chi connectivity index (χ1v) is 13.4. The Morgan fingerprint density at radius 1 is 0.825 bits per heavy atom. The van der Waals surface area contributed by atoms with Crippen molar-refractivity contribution >= 4 is 46.2 Å².